The van der Waals surface area contributed by atoms with Crippen molar-refractivity contribution in [2.24, 2.45) is 11.7 Å². The summed E-state index contributed by atoms with van der Waals surface area (Å²) in [7, 11) is 0. The molecule has 1 aliphatic carbocycles. The molecule has 1 aromatic carbocycles. The fraction of sp³-hybridized carbons (Fsp3) is 0.600. The Labute approximate surface area is 123 Å². The fourth-order valence-corrected chi connectivity index (χ4v) is 3.60. The van der Waals surface area contributed by atoms with E-state index in [1.807, 2.05) is 12.1 Å². The van der Waals surface area contributed by atoms with Crippen LogP contribution in [0, 0.1) is 5.92 Å². The molecule has 0 heterocycles. The molecule has 100 valence electrons. The van der Waals surface area contributed by atoms with Crippen molar-refractivity contribution in [3.05, 3.63) is 33.3 Å². The predicted octanol–water partition coefficient (Wildman–Crippen LogP) is 4.94. The van der Waals surface area contributed by atoms with E-state index in [9.17, 15) is 0 Å². The smallest absolute Gasteiger partial charge is 0.0449 e. The second-order valence-electron chi connectivity index (χ2n) is 5.36. The average Bonchev–Trinajstić information content (AvgIpc) is 2.61. The molecule has 0 saturated heterocycles. The summed E-state index contributed by atoms with van der Waals surface area (Å²) in [5.41, 5.74) is 7.56. The van der Waals surface area contributed by atoms with Gasteiger partial charge in [-0.3, -0.25) is 0 Å². The Kier molecular flexibility index (Phi) is 5.53. The first-order chi connectivity index (χ1) is 8.66. The molecule has 3 heteroatoms. The van der Waals surface area contributed by atoms with Crippen molar-refractivity contribution >= 4 is 27.5 Å². The van der Waals surface area contributed by atoms with E-state index < -0.39 is 0 Å². The lowest BCUT2D eigenvalue weighted by atomic mass is 9.88. The van der Waals surface area contributed by atoms with Gasteiger partial charge in [-0.2, -0.15) is 0 Å². The molecule has 0 aromatic heterocycles. The molecule has 1 unspecified atom stereocenters. The molecule has 1 atom stereocenters. The minimum Gasteiger partial charge on any atom is -0.327 e. The lowest BCUT2D eigenvalue weighted by Crippen LogP contribution is -2.32. The van der Waals surface area contributed by atoms with E-state index >= 15 is 0 Å². The van der Waals surface area contributed by atoms with Crippen LogP contribution in [0.5, 0.6) is 0 Å². The molecule has 0 radical (unpaired) electrons. The van der Waals surface area contributed by atoms with Crippen molar-refractivity contribution in [1.29, 1.82) is 0 Å². The summed E-state index contributed by atoms with van der Waals surface area (Å²) < 4.78 is 1.03. The lowest BCUT2D eigenvalue weighted by Gasteiger charge is -2.22. The van der Waals surface area contributed by atoms with Crippen LogP contribution in [0.4, 0.5) is 0 Å². The zero-order valence-corrected chi connectivity index (χ0v) is 13.0. The summed E-state index contributed by atoms with van der Waals surface area (Å²) >= 11 is 9.69. The van der Waals surface area contributed by atoms with Crippen molar-refractivity contribution in [3.8, 4) is 0 Å². The number of rotatable bonds is 3. The number of hydrogen-bond acceptors (Lipinski definition) is 1. The summed E-state index contributed by atoms with van der Waals surface area (Å²) in [6.45, 7) is 0. The molecule has 1 nitrogen and oxygen atoms in total. The monoisotopic (exact) mass is 329 g/mol. The van der Waals surface area contributed by atoms with Crippen LogP contribution >= 0.6 is 27.5 Å². The maximum absolute atomic E-state index is 6.39. The molecule has 1 saturated carbocycles. The Hall–Kier alpha value is -0.0500. The third-order valence-electron chi connectivity index (χ3n) is 3.98. The second kappa shape index (κ2) is 6.93. The van der Waals surface area contributed by atoms with Gasteiger partial charge in [0, 0.05) is 15.5 Å². The van der Waals surface area contributed by atoms with Gasteiger partial charge in [0.15, 0.2) is 0 Å². The Morgan fingerprint density at radius 2 is 1.89 bits per heavy atom. The molecule has 2 N–H and O–H groups in total. The van der Waals surface area contributed by atoms with Crippen LogP contribution in [0.2, 0.25) is 5.02 Å². The summed E-state index contributed by atoms with van der Waals surface area (Å²) in [5.74, 6) is 0.673. The van der Waals surface area contributed by atoms with Gasteiger partial charge in [0.2, 0.25) is 0 Å². The first-order valence-corrected chi connectivity index (χ1v) is 8.03. The SMILES string of the molecule is NC(Cc1ccc(Br)cc1Cl)C1CCCCCC1. The zero-order valence-electron chi connectivity index (χ0n) is 10.7. The largest absolute Gasteiger partial charge is 0.327 e. The Bertz CT molecular complexity index is 386. The van der Waals surface area contributed by atoms with Crippen LogP contribution in [0.25, 0.3) is 0 Å². The molecule has 0 amide bonds. The van der Waals surface area contributed by atoms with Crippen LogP contribution in [-0.4, -0.2) is 6.04 Å². The Morgan fingerprint density at radius 3 is 2.50 bits per heavy atom. The number of halogens is 2. The van der Waals surface area contributed by atoms with E-state index in [2.05, 4.69) is 22.0 Å². The van der Waals surface area contributed by atoms with E-state index in [1.54, 1.807) is 0 Å². The van der Waals surface area contributed by atoms with Gasteiger partial charge in [-0.25, -0.2) is 0 Å². The molecule has 18 heavy (non-hydrogen) atoms. The van der Waals surface area contributed by atoms with Crippen molar-refractivity contribution in [1.82, 2.24) is 0 Å². The van der Waals surface area contributed by atoms with Gasteiger partial charge in [-0.15, -0.1) is 0 Å². The maximum Gasteiger partial charge on any atom is 0.0449 e. The van der Waals surface area contributed by atoms with E-state index in [-0.39, 0.29) is 6.04 Å². The van der Waals surface area contributed by atoms with Crippen molar-refractivity contribution < 1.29 is 0 Å². The van der Waals surface area contributed by atoms with Gasteiger partial charge >= 0.3 is 0 Å². The highest BCUT2D eigenvalue weighted by molar-refractivity contribution is 9.10. The van der Waals surface area contributed by atoms with Gasteiger partial charge in [-0.1, -0.05) is 59.3 Å². The van der Waals surface area contributed by atoms with E-state index in [0.29, 0.717) is 5.92 Å². The molecule has 0 aliphatic heterocycles. The second-order valence-corrected chi connectivity index (χ2v) is 6.68. The fourth-order valence-electron chi connectivity index (χ4n) is 2.85. The Balaban J connectivity index is 1.98. The number of hydrogen-bond donors (Lipinski definition) is 1. The third kappa shape index (κ3) is 3.97. The highest BCUT2D eigenvalue weighted by Gasteiger charge is 2.20. The lowest BCUT2D eigenvalue weighted by molar-refractivity contribution is 0.372. The van der Waals surface area contributed by atoms with Crippen LogP contribution in [-0.2, 0) is 6.42 Å². The van der Waals surface area contributed by atoms with Crippen molar-refractivity contribution in [2.75, 3.05) is 0 Å². The van der Waals surface area contributed by atoms with Gasteiger partial charge in [0.05, 0.1) is 0 Å². The standard InChI is InChI=1S/C15H21BrClN/c16-13-8-7-12(14(17)10-13)9-15(18)11-5-3-1-2-4-6-11/h7-8,10-11,15H,1-6,9,18H2. The molecule has 2 rings (SSSR count). The average molecular weight is 331 g/mol. The highest BCUT2D eigenvalue weighted by atomic mass is 79.9. The van der Waals surface area contributed by atoms with Gasteiger partial charge in [0.1, 0.15) is 0 Å². The summed E-state index contributed by atoms with van der Waals surface area (Å²) in [6, 6.07) is 6.34. The Morgan fingerprint density at radius 1 is 1.22 bits per heavy atom. The maximum atomic E-state index is 6.39. The molecule has 0 bridgehead atoms. The quantitative estimate of drug-likeness (QED) is 0.780. The molecular formula is C15H21BrClN. The zero-order chi connectivity index (χ0) is 13.0. The van der Waals surface area contributed by atoms with E-state index in [1.165, 1.54) is 44.1 Å². The van der Waals surface area contributed by atoms with Crippen LogP contribution < -0.4 is 5.73 Å². The first-order valence-electron chi connectivity index (χ1n) is 6.86. The summed E-state index contributed by atoms with van der Waals surface area (Å²) in [4.78, 5) is 0. The minimum absolute atomic E-state index is 0.252. The first kappa shape index (κ1) is 14.4. The predicted molar refractivity (Wildman–Crippen MR) is 82.0 cm³/mol. The van der Waals surface area contributed by atoms with E-state index in [4.69, 9.17) is 17.3 Å². The van der Waals surface area contributed by atoms with Crippen molar-refractivity contribution in [3.63, 3.8) is 0 Å². The topological polar surface area (TPSA) is 26.0 Å². The number of nitrogens with two attached hydrogens (primary N) is 1. The van der Waals surface area contributed by atoms with Crippen LogP contribution in [0.1, 0.15) is 44.1 Å². The number of benzene rings is 1. The van der Waals surface area contributed by atoms with E-state index in [0.717, 1.165) is 15.9 Å². The normalized spacial score (nSPS) is 19.5. The van der Waals surface area contributed by atoms with Gasteiger partial charge in [-0.05, 0) is 42.9 Å². The molecule has 1 aliphatic rings. The molecule has 0 spiro atoms. The molecular weight excluding hydrogens is 310 g/mol. The minimum atomic E-state index is 0.252. The summed E-state index contributed by atoms with van der Waals surface area (Å²) in [6.07, 6.45) is 8.91. The summed E-state index contributed by atoms with van der Waals surface area (Å²) in [5, 5.41) is 0.827. The molecule has 1 fully saturated rings. The van der Waals surface area contributed by atoms with Gasteiger partial charge < -0.3 is 5.73 Å². The molecule has 1 aromatic rings. The highest BCUT2D eigenvalue weighted by Crippen LogP contribution is 2.28. The van der Waals surface area contributed by atoms with Gasteiger partial charge in [0.25, 0.3) is 0 Å². The third-order valence-corrected chi connectivity index (χ3v) is 4.82. The van der Waals surface area contributed by atoms with Crippen molar-refractivity contribution in [2.45, 2.75) is 51.0 Å². The van der Waals surface area contributed by atoms with Crippen LogP contribution in [0.15, 0.2) is 22.7 Å². The van der Waals surface area contributed by atoms with Crippen LogP contribution in [0.3, 0.4) is 0 Å².